The standard InChI is InChI=1S/C23H31N3O3/c1-15-13-24-19(16(2)21(15)28-7)14-26(22(27)29-23(3,4)5)18-9-8-17-10-11-25(6)20(17)12-18/h8-9,12-13H,10-11,14H2,1-7H3. The van der Waals surface area contributed by atoms with Crippen molar-refractivity contribution in [2.45, 2.75) is 53.2 Å². The van der Waals surface area contributed by atoms with Crippen molar-refractivity contribution >= 4 is 17.5 Å². The van der Waals surface area contributed by atoms with E-state index in [-0.39, 0.29) is 6.09 Å². The van der Waals surface area contributed by atoms with Crippen LogP contribution in [0.25, 0.3) is 0 Å². The smallest absolute Gasteiger partial charge is 0.415 e. The van der Waals surface area contributed by atoms with Gasteiger partial charge in [-0.3, -0.25) is 9.88 Å². The maximum atomic E-state index is 13.1. The summed E-state index contributed by atoms with van der Waals surface area (Å²) >= 11 is 0. The minimum Gasteiger partial charge on any atom is -0.496 e. The van der Waals surface area contributed by atoms with Gasteiger partial charge in [-0.25, -0.2) is 4.79 Å². The molecule has 1 aromatic carbocycles. The van der Waals surface area contributed by atoms with Crippen molar-refractivity contribution in [2.75, 3.05) is 30.5 Å². The summed E-state index contributed by atoms with van der Waals surface area (Å²) in [7, 11) is 3.73. The Labute approximate surface area is 173 Å². The lowest BCUT2D eigenvalue weighted by Gasteiger charge is -2.28. The summed E-state index contributed by atoms with van der Waals surface area (Å²) in [5.41, 5.74) is 5.35. The first-order valence-corrected chi connectivity index (χ1v) is 9.94. The number of pyridine rings is 1. The fourth-order valence-electron chi connectivity index (χ4n) is 3.65. The Balaban J connectivity index is 2.01. The van der Waals surface area contributed by atoms with Crippen LogP contribution in [0.5, 0.6) is 5.75 Å². The minimum atomic E-state index is -0.587. The van der Waals surface area contributed by atoms with E-state index in [2.05, 4.69) is 29.1 Å². The van der Waals surface area contributed by atoms with Crippen molar-refractivity contribution in [2.24, 2.45) is 0 Å². The number of nitrogens with zero attached hydrogens (tertiary/aromatic N) is 3. The number of ether oxygens (including phenoxy) is 2. The zero-order valence-corrected chi connectivity index (χ0v) is 18.5. The van der Waals surface area contributed by atoms with Gasteiger partial charge in [0, 0.05) is 42.3 Å². The highest BCUT2D eigenvalue weighted by Gasteiger charge is 2.27. The second-order valence-corrected chi connectivity index (χ2v) is 8.60. The van der Waals surface area contributed by atoms with Gasteiger partial charge in [-0.2, -0.15) is 0 Å². The summed E-state index contributed by atoms with van der Waals surface area (Å²) in [6.45, 7) is 10.8. The maximum absolute atomic E-state index is 13.1. The molecule has 2 aromatic rings. The SMILES string of the molecule is COc1c(C)cnc(CN(C(=O)OC(C)(C)C)c2ccc3c(c2)N(C)CC3)c1C. The molecular weight excluding hydrogens is 366 g/mol. The van der Waals surface area contributed by atoms with E-state index in [9.17, 15) is 4.79 Å². The number of anilines is 2. The molecule has 0 bridgehead atoms. The molecular formula is C23H31N3O3. The lowest BCUT2D eigenvalue weighted by molar-refractivity contribution is 0.0577. The van der Waals surface area contributed by atoms with E-state index in [4.69, 9.17) is 9.47 Å². The number of hydrogen-bond donors (Lipinski definition) is 0. The molecule has 1 aromatic heterocycles. The molecule has 0 atom stereocenters. The summed E-state index contributed by atoms with van der Waals surface area (Å²) in [6, 6.07) is 6.15. The number of benzene rings is 1. The Morgan fingerprint density at radius 3 is 2.66 bits per heavy atom. The minimum absolute atomic E-state index is 0.305. The van der Waals surface area contributed by atoms with Gasteiger partial charge in [0.15, 0.2) is 0 Å². The number of aryl methyl sites for hydroxylation is 1. The van der Waals surface area contributed by atoms with Gasteiger partial charge in [0.1, 0.15) is 11.4 Å². The number of hydrogen-bond acceptors (Lipinski definition) is 5. The van der Waals surface area contributed by atoms with Crippen LogP contribution in [0.15, 0.2) is 24.4 Å². The van der Waals surface area contributed by atoms with E-state index in [0.29, 0.717) is 6.54 Å². The molecule has 0 saturated carbocycles. The third-order valence-electron chi connectivity index (χ3n) is 5.18. The Kier molecular flexibility index (Phi) is 5.73. The van der Waals surface area contributed by atoms with Gasteiger partial charge in [0.2, 0.25) is 0 Å². The van der Waals surface area contributed by atoms with Gasteiger partial charge in [-0.15, -0.1) is 0 Å². The normalized spacial score (nSPS) is 13.3. The van der Waals surface area contributed by atoms with Crippen LogP contribution in [0.3, 0.4) is 0 Å². The van der Waals surface area contributed by atoms with Crippen LogP contribution in [-0.2, 0) is 17.7 Å². The summed E-state index contributed by atoms with van der Waals surface area (Å²) in [4.78, 5) is 21.6. The molecule has 1 aliphatic heterocycles. The van der Waals surface area contributed by atoms with E-state index in [1.807, 2.05) is 40.7 Å². The highest BCUT2D eigenvalue weighted by molar-refractivity contribution is 5.89. The maximum Gasteiger partial charge on any atom is 0.415 e. The molecule has 0 unspecified atom stereocenters. The summed E-state index contributed by atoms with van der Waals surface area (Å²) in [6.07, 6.45) is 2.41. The Bertz CT molecular complexity index is 918. The van der Waals surface area contributed by atoms with E-state index < -0.39 is 5.60 Å². The third kappa shape index (κ3) is 4.47. The van der Waals surface area contributed by atoms with Gasteiger partial charge in [-0.1, -0.05) is 6.07 Å². The summed E-state index contributed by atoms with van der Waals surface area (Å²) < 4.78 is 11.2. The number of likely N-dealkylation sites (N-methyl/N-ethyl adjacent to an activating group) is 1. The van der Waals surface area contributed by atoms with Crippen molar-refractivity contribution in [3.8, 4) is 5.75 Å². The van der Waals surface area contributed by atoms with Gasteiger partial charge >= 0.3 is 6.09 Å². The van der Waals surface area contributed by atoms with Gasteiger partial charge < -0.3 is 14.4 Å². The number of carbonyl (C=O) groups excluding carboxylic acids is 1. The fraction of sp³-hybridized carbons (Fsp3) is 0.478. The van der Waals surface area contributed by atoms with Crippen LogP contribution < -0.4 is 14.5 Å². The average Bonchev–Trinajstić information content (AvgIpc) is 3.00. The second kappa shape index (κ2) is 7.93. The monoisotopic (exact) mass is 397 g/mol. The summed E-state index contributed by atoms with van der Waals surface area (Å²) in [5.74, 6) is 0.799. The number of carbonyl (C=O) groups is 1. The first-order valence-electron chi connectivity index (χ1n) is 9.94. The largest absolute Gasteiger partial charge is 0.496 e. The summed E-state index contributed by atoms with van der Waals surface area (Å²) in [5, 5.41) is 0. The van der Waals surface area contributed by atoms with Crippen LogP contribution >= 0.6 is 0 Å². The molecule has 2 heterocycles. The topological polar surface area (TPSA) is 54.9 Å². The van der Waals surface area contributed by atoms with E-state index >= 15 is 0 Å². The van der Waals surface area contributed by atoms with Crippen molar-refractivity contribution in [3.63, 3.8) is 0 Å². The Morgan fingerprint density at radius 2 is 2.00 bits per heavy atom. The van der Waals surface area contributed by atoms with Crippen LogP contribution in [0.4, 0.5) is 16.2 Å². The van der Waals surface area contributed by atoms with E-state index in [0.717, 1.165) is 46.9 Å². The first kappa shape index (κ1) is 21.0. The fourth-order valence-corrected chi connectivity index (χ4v) is 3.65. The molecule has 3 rings (SSSR count). The molecule has 156 valence electrons. The van der Waals surface area contributed by atoms with E-state index in [1.165, 1.54) is 5.56 Å². The molecule has 6 heteroatoms. The molecule has 29 heavy (non-hydrogen) atoms. The van der Waals surface area contributed by atoms with Gasteiger partial charge in [-0.05, 0) is 58.7 Å². The molecule has 0 N–H and O–H groups in total. The van der Waals surface area contributed by atoms with Crippen molar-refractivity contribution in [1.82, 2.24) is 4.98 Å². The van der Waals surface area contributed by atoms with Crippen molar-refractivity contribution in [3.05, 3.63) is 46.8 Å². The molecule has 1 aliphatic rings. The number of aromatic nitrogens is 1. The lowest BCUT2D eigenvalue weighted by Crippen LogP contribution is -2.37. The molecule has 0 aliphatic carbocycles. The zero-order valence-electron chi connectivity index (χ0n) is 18.5. The molecule has 0 saturated heterocycles. The Hall–Kier alpha value is -2.76. The first-order chi connectivity index (χ1) is 13.6. The van der Waals surface area contributed by atoms with Crippen LogP contribution in [-0.4, -0.2) is 37.4 Å². The van der Waals surface area contributed by atoms with Crippen LogP contribution in [0.2, 0.25) is 0 Å². The molecule has 0 fully saturated rings. The zero-order chi connectivity index (χ0) is 21.3. The highest BCUT2D eigenvalue weighted by atomic mass is 16.6. The predicted molar refractivity (Wildman–Crippen MR) is 116 cm³/mol. The highest BCUT2D eigenvalue weighted by Crippen LogP contribution is 2.33. The molecule has 6 nitrogen and oxygen atoms in total. The number of amides is 1. The third-order valence-corrected chi connectivity index (χ3v) is 5.18. The van der Waals surface area contributed by atoms with Crippen molar-refractivity contribution in [1.29, 1.82) is 0 Å². The number of fused-ring (bicyclic) bond motifs is 1. The lowest BCUT2D eigenvalue weighted by atomic mass is 10.1. The van der Waals surface area contributed by atoms with Gasteiger partial charge in [0.25, 0.3) is 0 Å². The molecule has 0 spiro atoms. The molecule has 0 radical (unpaired) electrons. The second-order valence-electron chi connectivity index (χ2n) is 8.60. The predicted octanol–water partition coefficient (Wildman–Crippen LogP) is 4.64. The Morgan fingerprint density at radius 1 is 1.28 bits per heavy atom. The van der Waals surface area contributed by atoms with E-state index in [1.54, 1.807) is 18.2 Å². The molecule has 1 amide bonds. The van der Waals surface area contributed by atoms with Crippen LogP contribution in [0, 0.1) is 13.8 Å². The number of rotatable bonds is 4. The quantitative estimate of drug-likeness (QED) is 0.752. The average molecular weight is 398 g/mol. The van der Waals surface area contributed by atoms with Gasteiger partial charge in [0.05, 0.1) is 19.3 Å². The van der Waals surface area contributed by atoms with Crippen LogP contribution in [0.1, 0.15) is 43.2 Å². The van der Waals surface area contributed by atoms with Crippen molar-refractivity contribution < 1.29 is 14.3 Å². The number of methoxy groups -OCH3 is 1.